The summed E-state index contributed by atoms with van der Waals surface area (Å²) >= 11 is 0. The Kier molecular flexibility index (Phi) is 5.91. The fourth-order valence-electron chi connectivity index (χ4n) is 1.40. The fourth-order valence-corrected chi connectivity index (χ4v) is 2.03. The van der Waals surface area contributed by atoms with Crippen molar-refractivity contribution in [2.45, 2.75) is 51.5 Å². The summed E-state index contributed by atoms with van der Waals surface area (Å²) in [7, 11) is -3.81. The molecule has 0 saturated carbocycles. The minimum absolute atomic E-state index is 0.0174. The van der Waals surface area contributed by atoms with Gasteiger partial charge in [-0.3, -0.25) is 4.57 Å². The summed E-state index contributed by atoms with van der Waals surface area (Å²) in [6, 6.07) is 0. The molecule has 0 unspecified atom stereocenters. The maximum Gasteiger partial charge on any atom is 0.325 e. The van der Waals surface area contributed by atoms with Crippen molar-refractivity contribution in [3.8, 4) is 0 Å². The van der Waals surface area contributed by atoms with Gasteiger partial charge in [0.1, 0.15) is 0 Å². The lowest BCUT2D eigenvalue weighted by molar-refractivity contribution is 0.347. The molecule has 0 aliphatic rings. The van der Waals surface area contributed by atoms with Crippen molar-refractivity contribution in [3.05, 3.63) is 0 Å². The molecule has 0 aromatic rings. The lowest BCUT2D eigenvalue weighted by Crippen LogP contribution is -2.38. The zero-order valence-corrected chi connectivity index (χ0v) is 9.96. The van der Waals surface area contributed by atoms with Crippen molar-refractivity contribution in [2.24, 2.45) is 5.73 Å². The molecule has 0 saturated heterocycles. The van der Waals surface area contributed by atoms with E-state index in [-0.39, 0.29) is 11.7 Å². The third-order valence-electron chi connectivity index (χ3n) is 2.78. The molecule has 0 radical (unpaired) electrons. The average molecular weight is 223 g/mol. The van der Waals surface area contributed by atoms with Gasteiger partial charge in [0.15, 0.2) is 0 Å². The molecule has 0 heterocycles. The van der Waals surface area contributed by atoms with Crippen LogP contribution in [0.25, 0.3) is 0 Å². The van der Waals surface area contributed by atoms with E-state index in [1.165, 1.54) is 0 Å². The lowest BCUT2D eigenvalue weighted by atomic mass is 9.88. The Morgan fingerprint density at radius 1 is 1.21 bits per heavy atom. The lowest BCUT2D eigenvalue weighted by Gasteiger charge is -2.26. The number of unbranched alkanes of at least 4 members (excludes halogenated alkanes) is 1. The predicted octanol–water partition coefficient (Wildman–Crippen LogP) is 1.85. The van der Waals surface area contributed by atoms with E-state index in [0.29, 0.717) is 6.42 Å². The summed E-state index contributed by atoms with van der Waals surface area (Å²) in [6.45, 7) is 4.10. The third kappa shape index (κ3) is 6.55. The zero-order valence-electron chi connectivity index (χ0n) is 9.07. The van der Waals surface area contributed by atoms with Crippen LogP contribution in [0.2, 0.25) is 0 Å². The Morgan fingerprint density at radius 2 is 1.71 bits per heavy atom. The molecule has 0 spiro atoms. The molecule has 0 bridgehead atoms. The SMILES string of the molecule is CCC(N)(CC)CCCCP(=O)(O)O. The number of hydrogen-bond acceptors (Lipinski definition) is 2. The quantitative estimate of drug-likeness (QED) is 0.454. The van der Waals surface area contributed by atoms with Crippen LogP contribution in [0.1, 0.15) is 46.0 Å². The van der Waals surface area contributed by atoms with Gasteiger partial charge in [-0.25, -0.2) is 0 Å². The van der Waals surface area contributed by atoms with Crippen LogP contribution in [0.4, 0.5) is 0 Å². The Bertz CT molecular complexity index is 198. The molecule has 14 heavy (non-hydrogen) atoms. The van der Waals surface area contributed by atoms with Crippen LogP contribution in [-0.4, -0.2) is 21.5 Å². The van der Waals surface area contributed by atoms with E-state index < -0.39 is 7.60 Å². The van der Waals surface area contributed by atoms with Crippen LogP contribution in [-0.2, 0) is 4.57 Å². The first kappa shape index (κ1) is 14.1. The Labute approximate surface area is 86.1 Å². The fraction of sp³-hybridized carbons (Fsp3) is 1.00. The Hall–Kier alpha value is 0.110. The molecule has 0 aromatic carbocycles. The van der Waals surface area contributed by atoms with Gasteiger partial charge in [0, 0.05) is 11.7 Å². The molecule has 0 rings (SSSR count). The maximum atomic E-state index is 10.6. The second-order valence-corrected chi connectivity index (χ2v) is 5.69. The van der Waals surface area contributed by atoms with Gasteiger partial charge in [0.05, 0.1) is 0 Å². The highest BCUT2D eigenvalue weighted by molar-refractivity contribution is 7.51. The summed E-state index contributed by atoms with van der Waals surface area (Å²) in [5.74, 6) is 0. The largest absolute Gasteiger partial charge is 0.325 e. The van der Waals surface area contributed by atoms with E-state index in [4.69, 9.17) is 15.5 Å². The first-order chi connectivity index (χ1) is 6.33. The van der Waals surface area contributed by atoms with E-state index in [1.807, 2.05) is 13.8 Å². The highest BCUT2D eigenvalue weighted by atomic mass is 31.2. The highest BCUT2D eigenvalue weighted by Gasteiger charge is 2.20. The Morgan fingerprint density at radius 3 is 2.07 bits per heavy atom. The molecule has 4 nitrogen and oxygen atoms in total. The van der Waals surface area contributed by atoms with Crippen LogP contribution < -0.4 is 5.73 Å². The molecule has 0 aromatic heterocycles. The van der Waals surface area contributed by atoms with Gasteiger partial charge in [-0.2, -0.15) is 0 Å². The molecule has 0 atom stereocenters. The summed E-state index contributed by atoms with van der Waals surface area (Å²) in [6.07, 6.45) is 4.02. The summed E-state index contributed by atoms with van der Waals surface area (Å²) < 4.78 is 10.6. The number of nitrogens with two attached hydrogens (primary N) is 1. The van der Waals surface area contributed by atoms with Crippen LogP contribution >= 0.6 is 7.60 Å². The summed E-state index contributed by atoms with van der Waals surface area (Å²) in [4.78, 5) is 17.3. The highest BCUT2D eigenvalue weighted by Crippen LogP contribution is 2.35. The van der Waals surface area contributed by atoms with Gasteiger partial charge in [-0.1, -0.05) is 20.3 Å². The van der Waals surface area contributed by atoms with Gasteiger partial charge in [-0.15, -0.1) is 0 Å². The van der Waals surface area contributed by atoms with Gasteiger partial charge in [0.2, 0.25) is 0 Å². The molecular weight excluding hydrogens is 201 g/mol. The molecule has 5 heteroatoms. The van der Waals surface area contributed by atoms with Crippen LogP contribution in [0.5, 0.6) is 0 Å². The molecule has 0 fully saturated rings. The van der Waals surface area contributed by atoms with Crippen molar-refractivity contribution in [3.63, 3.8) is 0 Å². The van der Waals surface area contributed by atoms with Crippen LogP contribution in [0.15, 0.2) is 0 Å². The molecular formula is C9H22NO3P. The van der Waals surface area contributed by atoms with Crippen LogP contribution in [0.3, 0.4) is 0 Å². The van der Waals surface area contributed by atoms with Crippen molar-refractivity contribution >= 4 is 7.60 Å². The minimum atomic E-state index is -3.81. The van der Waals surface area contributed by atoms with Crippen molar-refractivity contribution in [2.75, 3.05) is 6.16 Å². The molecule has 86 valence electrons. The first-order valence-electron chi connectivity index (χ1n) is 5.16. The maximum absolute atomic E-state index is 10.6. The second kappa shape index (κ2) is 5.86. The van der Waals surface area contributed by atoms with E-state index in [9.17, 15) is 4.57 Å². The van der Waals surface area contributed by atoms with Crippen molar-refractivity contribution < 1.29 is 14.4 Å². The van der Waals surface area contributed by atoms with Gasteiger partial charge < -0.3 is 15.5 Å². The van der Waals surface area contributed by atoms with E-state index >= 15 is 0 Å². The Balaban J connectivity index is 3.68. The van der Waals surface area contributed by atoms with Gasteiger partial charge in [0.25, 0.3) is 0 Å². The zero-order chi connectivity index (χ0) is 11.2. The molecule has 4 N–H and O–H groups in total. The van der Waals surface area contributed by atoms with Gasteiger partial charge >= 0.3 is 7.60 Å². The standard InChI is InChI=1S/C9H22NO3P/c1-3-9(10,4-2)7-5-6-8-14(11,12)13/h3-8,10H2,1-2H3,(H2,11,12,13). The van der Waals surface area contributed by atoms with Crippen LogP contribution in [0, 0.1) is 0 Å². The molecule has 0 aliphatic heterocycles. The minimum Gasteiger partial charge on any atom is -0.325 e. The normalized spacial score (nSPS) is 13.2. The smallest absolute Gasteiger partial charge is 0.325 e. The van der Waals surface area contributed by atoms with E-state index in [2.05, 4.69) is 0 Å². The number of rotatable bonds is 7. The topological polar surface area (TPSA) is 83.6 Å². The summed E-state index contributed by atoms with van der Waals surface area (Å²) in [5, 5.41) is 0. The van der Waals surface area contributed by atoms with E-state index in [0.717, 1.165) is 25.7 Å². The average Bonchev–Trinajstić information content (AvgIpc) is 2.11. The first-order valence-corrected chi connectivity index (χ1v) is 6.96. The summed E-state index contributed by atoms with van der Waals surface area (Å²) in [5.41, 5.74) is 5.91. The molecule has 0 aliphatic carbocycles. The van der Waals surface area contributed by atoms with Crippen molar-refractivity contribution in [1.29, 1.82) is 0 Å². The molecule has 0 amide bonds. The monoisotopic (exact) mass is 223 g/mol. The van der Waals surface area contributed by atoms with Gasteiger partial charge in [-0.05, 0) is 25.7 Å². The second-order valence-electron chi connectivity index (χ2n) is 3.91. The van der Waals surface area contributed by atoms with Crippen molar-refractivity contribution in [1.82, 2.24) is 0 Å². The third-order valence-corrected chi connectivity index (χ3v) is 3.68. The predicted molar refractivity (Wildman–Crippen MR) is 58.3 cm³/mol. The van der Waals surface area contributed by atoms with E-state index in [1.54, 1.807) is 0 Å². The number of hydrogen-bond donors (Lipinski definition) is 3.